The standard InChI is InChI=1S/C6H9NO3/c8-6(9)3-5(7-10)4-1-2-4/h4,10H,1-3H2,(H,8,9)/b7-5-. The molecule has 0 atom stereocenters. The average Bonchev–Trinajstić information content (AvgIpc) is 2.63. The van der Waals surface area contributed by atoms with E-state index < -0.39 is 5.97 Å². The molecule has 0 unspecified atom stereocenters. The van der Waals surface area contributed by atoms with E-state index in [9.17, 15) is 4.79 Å². The molecule has 2 N–H and O–H groups in total. The van der Waals surface area contributed by atoms with Crippen molar-refractivity contribution in [2.24, 2.45) is 11.1 Å². The van der Waals surface area contributed by atoms with Crippen molar-refractivity contribution in [2.75, 3.05) is 0 Å². The largest absolute Gasteiger partial charge is 0.481 e. The second-order valence-corrected chi connectivity index (χ2v) is 2.44. The molecule has 0 amide bonds. The fraction of sp³-hybridized carbons (Fsp3) is 0.667. The molecule has 1 saturated carbocycles. The molecule has 0 spiro atoms. The summed E-state index contributed by atoms with van der Waals surface area (Å²) in [5, 5.41) is 19.5. The molecule has 0 bridgehead atoms. The Morgan fingerprint density at radius 3 is 2.50 bits per heavy atom. The lowest BCUT2D eigenvalue weighted by Gasteiger charge is -1.94. The number of oxime groups is 1. The Morgan fingerprint density at radius 2 is 2.20 bits per heavy atom. The van der Waals surface area contributed by atoms with Gasteiger partial charge in [0.25, 0.3) is 0 Å². The number of carboxylic acids is 1. The van der Waals surface area contributed by atoms with E-state index in [2.05, 4.69) is 5.16 Å². The summed E-state index contributed by atoms with van der Waals surface area (Å²) in [4.78, 5) is 10.1. The maximum absolute atomic E-state index is 10.1. The molecule has 0 radical (unpaired) electrons. The van der Waals surface area contributed by atoms with Gasteiger partial charge in [-0.05, 0) is 12.8 Å². The summed E-state index contributed by atoms with van der Waals surface area (Å²) in [6.45, 7) is 0. The van der Waals surface area contributed by atoms with Crippen LogP contribution >= 0.6 is 0 Å². The van der Waals surface area contributed by atoms with Gasteiger partial charge >= 0.3 is 5.97 Å². The number of nitrogens with zero attached hydrogens (tertiary/aromatic N) is 1. The molecule has 4 nitrogen and oxygen atoms in total. The minimum atomic E-state index is -0.931. The Bertz CT molecular complexity index is 172. The van der Waals surface area contributed by atoms with E-state index in [1.165, 1.54) is 0 Å². The zero-order valence-corrected chi connectivity index (χ0v) is 5.45. The van der Waals surface area contributed by atoms with E-state index >= 15 is 0 Å². The summed E-state index contributed by atoms with van der Waals surface area (Å²) in [6.07, 6.45) is 1.81. The first-order valence-electron chi connectivity index (χ1n) is 3.16. The first kappa shape index (κ1) is 7.05. The van der Waals surface area contributed by atoms with Crippen LogP contribution in [0.3, 0.4) is 0 Å². The summed E-state index contributed by atoms with van der Waals surface area (Å²) < 4.78 is 0. The third kappa shape index (κ3) is 1.72. The molecule has 1 aliphatic carbocycles. The van der Waals surface area contributed by atoms with Gasteiger partial charge in [-0.15, -0.1) is 0 Å². The molecule has 0 aromatic carbocycles. The summed E-state index contributed by atoms with van der Waals surface area (Å²) >= 11 is 0. The van der Waals surface area contributed by atoms with Crippen molar-refractivity contribution in [3.63, 3.8) is 0 Å². The minimum absolute atomic E-state index is 0.124. The highest BCUT2D eigenvalue weighted by Crippen LogP contribution is 2.31. The molecule has 10 heavy (non-hydrogen) atoms. The first-order chi connectivity index (χ1) is 4.74. The molecule has 0 aliphatic heterocycles. The van der Waals surface area contributed by atoms with Crippen LogP contribution in [0.5, 0.6) is 0 Å². The maximum atomic E-state index is 10.1. The van der Waals surface area contributed by atoms with Crippen molar-refractivity contribution in [1.82, 2.24) is 0 Å². The summed E-state index contributed by atoms with van der Waals surface area (Å²) in [5.41, 5.74) is 0.410. The topological polar surface area (TPSA) is 69.9 Å². The molecule has 0 aromatic rings. The highest BCUT2D eigenvalue weighted by Gasteiger charge is 2.29. The highest BCUT2D eigenvalue weighted by molar-refractivity contribution is 6.00. The highest BCUT2D eigenvalue weighted by atomic mass is 16.4. The smallest absolute Gasteiger partial charge is 0.309 e. The number of hydrogen-bond donors (Lipinski definition) is 2. The van der Waals surface area contributed by atoms with Gasteiger partial charge in [0.2, 0.25) is 0 Å². The second kappa shape index (κ2) is 2.68. The monoisotopic (exact) mass is 143 g/mol. The lowest BCUT2D eigenvalue weighted by Crippen LogP contribution is -2.08. The number of carbonyl (C=O) groups is 1. The molecule has 1 fully saturated rings. The first-order valence-corrected chi connectivity index (χ1v) is 3.16. The van der Waals surface area contributed by atoms with E-state index in [4.69, 9.17) is 10.3 Å². The van der Waals surface area contributed by atoms with Crippen molar-refractivity contribution >= 4 is 11.7 Å². The van der Waals surface area contributed by atoms with Crippen LogP contribution in [-0.4, -0.2) is 22.0 Å². The molecule has 56 valence electrons. The quantitative estimate of drug-likeness (QED) is 0.347. The molecule has 4 heteroatoms. The number of aliphatic carboxylic acids is 1. The van der Waals surface area contributed by atoms with Crippen molar-refractivity contribution in [2.45, 2.75) is 19.3 Å². The van der Waals surface area contributed by atoms with Gasteiger partial charge in [-0.2, -0.15) is 0 Å². The fourth-order valence-corrected chi connectivity index (χ4v) is 0.833. The number of rotatable bonds is 3. The van der Waals surface area contributed by atoms with E-state index in [0.29, 0.717) is 5.71 Å². The van der Waals surface area contributed by atoms with Gasteiger partial charge < -0.3 is 10.3 Å². The summed E-state index contributed by atoms with van der Waals surface area (Å²) in [7, 11) is 0. The van der Waals surface area contributed by atoms with Gasteiger partial charge in [-0.25, -0.2) is 0 Å². The molecular formula is C6H9NO3. The second-order valence-electron chi connectivity index (χ2n) is 2.44. The van der Waals surface area contributed by atoms with Crippen molar-refractivity contribution in [3.8, 4) is 0 Å². The number of hydrogen-bond acceptors (Lipinski definition) is 3. The van der Waals surface area contributed by atoms with Gasteiger partial charge in [0.1, 0.15) is 0 Å². The van der Waals surface area contributed by atoms with E-state index in [1.807, 2.05) is 0 Å². The molecule has 0 saturated heterocycles. The van der Waals surface area contributed by atoms with Crippen LogP contribution in [0.4, 0.5) is 0 Å². The van der Waals surface area contributed by atoms with Crippen molar-refractivity contribution in [3.05, 3.63) is 0 Å². The normalized spacial score (nSPS) is 19.0. The maximum Gasteiger partial charge on any atom is 0.309 e. The average molecular weight is 143 g/mol. The summed E-state index contributed by atoms with van der Waals surface area (Å²) in [6, 6.07) is 0. The third-order valence-electron chi connectivity index (χ3n) is 1.51. The van der Waals surface area contributed by atoms with Crippen LogP contribution in [0.15, 0.2) is 5.16 Å². The van der Waals surface area contributed by atoms with Gasteiger partial charge in [0.15, 0.2) is 0 Å². The van der Waals surface area contributed by atoms with Gasteiger partial charge in [0, 0.05) is 5.92 Å². The Labute approximate surface area is 58.2 Å². The molecule has 1 rings (SSSR count). The molecule has 0 aromatic heterocycles. The lowest BCUT2D eigenvalue weighted by molar-refractivity contribution is -0.135. The van der Waals surface area contributed by atoms with Crippen LogP contribution in [0.1, 0.15) is 19.3 Å². The zero-order valence-electron chi connectivity index (χ0n) is 5.45. The van der Waals surface area contributed by atoms with Crippen LogP contribution in [0, 0.1) is 5.92 Å². The minimum Gasteiger partial charge on any atom is -0.481 e. The van der Waals surface area contributed by atoms with E-state index in [0.717, 1.165) is 12.8 Å². The molecular weight excluding hydrogens is 134 g/mol. The van der Waals surface area contributed by atoms with Gasteiger partial charge in [-0.3, -0.25) is 4.79 Å². The Hall–Kier alpha value is -1.06. The van der Waals surface area contributed by atoms with E-state index in [1.54, 1.807) is 0 Å². The van der Waals surface area contributed by atoms with Crippen LogP contribution < -0.4 is 0 Å². The fourth-order valence-electron chi connectivity index (χ4n) is 0.833. The van der Waals surface area contributed by atoms with Crippen molar-refractivity contribution in [1.29, 1.82) is 0 Å². The molecule has 0 heterocycles. The zero-order chi connectivity index (χ0) is 7.56. The Balaban J connectivity index is 2.41. The predicted octanol–water partition coefficient (Wildman–Crippen LogP) is 0.701. The molecule has 1 aliphatic rings. The van der Waals surface area contributed by atoms with Gasteiger partial charge in [-0.1, -0.05) is 5.16 Å². The van der Waals surface area contributed by atoms with Gasteiger partial charge in [0.05, 0.1) is 12.1 Å². The van der Waals surface area contributed by atoms with Crippen molar-refractivity contribution < 1.29 is 15.1 Å². The SMILES string of the molecule is O=C(O)C/C(=N/O)C1CC1. The van der Waals surface area contributed by atoms with Crippen LogP contribution in [0.25, 0.3) is 0 Å². The van der Waals surface area contributed by atoms with E-state index in [-0.39, 0.29) is 12.3 Å². The lowest BCUT2D eigenvalue weighted by atomic mass is 10.2. The summed E-state index contributed by atoms with van der Waals surface area (Å²) in [5.74, 6) is -0.694. The van der Waals surface area contributed by atoms with Crippen LogP contribution in [-0.2, 0) is 4.79 Å². The number of carboxylic acid groups (broad SMARTS) is 1. The Kier molecular flexibility index (Phi) is 1.89. The predicted molar refractivity (Wildman–Crippen MR) is 34.2 cm³/mol. The Morgan fingerprint density at radius 1 is 1.60 bits per heavy atom. The third-order valence-corrected chi connectivity index (χ3v) is 1.51. The van der Waals surface area contributed by atoms with Crippen LogP contribution in [0.2, 0.25) is 0 Å².